The number of benzene rings is 3. The van der Waals surface area contributed by atoms with Crippen LogP contribution in [0.25, 0.3) is 10.9 Å². The van der Waals surface area contributed by atoms with Crippen LogP contribution in [0.3, 0.4) is 0 Å². The van der Waals surface area contributed by atoms with Crippen molar-refractivity contribution < 1.29 is 48.3 Å². The average molecular weight is 1160 g/mol. The minimum Gasteiger partial charge on any atom is -0.508 e. The summed E-state index contributed by atoms with van der Waals surface area (Å²) in [6.07, 6.45) is 12.4. The number of aldehydes is 1. The molecule has 0 aliphatic rings. The van der Waals surface area contributed by atoms with Crippen LogP contribution in [0, 0.1) is 13.8 Å². The number of phenols is 1. The number of rotatable bonds is 23. The second-order valence-electron chi connectivity index (χ2n) is 15.3. The van der Waals surface area contributed by atoms with E-state index in [2.05, 4.69) is 121 Å². The minimum atomic E-state index is -0.640. The number of amides is 5. The average Bonchev–Trinajstić information content (AvgIpc) is 3.84. The Morgan fingerprint density at radius 1 is 0.808 bits per heavy atom. The Balaban J connectivity index is -0.000000151. The standard InChI is InChI=1S/C15H20N2O.C7H13N3O3S2.C7H8O.C7H8.C5H13N.2C4H11N.C2H5NO2S.C2H6.CH3NO.CH2O2/c1-2-10-16-15(18)9-5-6-12-11-17-14-8-4-3-7-13(12)14;1-14-15-3-5(10-4-11)7(13)9-2-6(8)12;1-6-2-4-7(8)5-3-6;1-7-5-3-2-4-6-7;1-4-6-5(2)3;1-3-4-5-2;1-2-3-4-5;4-2-1-3-6-5;1-2;2*2-1-3/h3-4,7-8,11,17H,2,5-6,9-10H2,1H3,(H,16,18);4-5H,2-3H2,1H3,(H2,8,12)(H,9,13)(H,10,11);2-5,8H,1H3;2-6H,1H3;5-6H,4H2,1-3H3;5H,3-4H2,1-2H3;2-5H2,1H3;2-3,5H,1H2;1-2H3;1H,(H2,2,3);1H,(H,2,3)/t;5-;;;;;;;;;/m.1........./s1. The molecule has 0 radical (unpaired) electrons. The van der Waals surface area contributed by atoms with Crippen LogP contribution in [0.1, 0.15) is 111 Å². The molecular formula is C55H100N10O10S3. The maximum Gasteiger partial charge on any atom is 0.290 e. The van der Waals surface area contributed by atoms with Gasteiger partial charge in [0.1, 0.15) is 18.1 Å². The van der Waals surface area contributed by atoms with E-state index in [0.29, 0.717) is 48.9 Å². The number of para-hydroxylation sites is 1. The number of H-pyrrole nitrogens is 1. The highest BCUT2D eigenvalue weighted by molar-refractivity contribution is 8.76. The van der Waals surface area contributed by atoms with Gasteiger partial charge in [-0.15, -0.1) is 0 Å². The molecule has 0 fully saturated rings. The van der Waals surface area contributed by atoms with Gasteiger partial charge in [0.25, 0.3) is 6.47 Å². The summed E-state index contributed by atoms with van der Waals surface area (Å²) in [5.41, 5.74) is 19.1. The summed E-state index contributed by atoms with van der Waals surface area (Å²) < 4.78 is 10.1. The first kappa shape index (κ1) is 86.2. The highest BCUT2D eigenvalue weighted by atomic mass is 33.1. The van der Waals surface area contributed by atoms with Crippen LogP contribution >= 0.6 is 33.8 Å². The van der Waals surface area contributed by atoms with E-state index >= 15 is 0 Å². The molecule has 0 saturated carbocycles. The maximum absolute atomic E-state index is 11.5. The third-order valence-electron chi connectivity index (χ3n) is 8.35. The fourth-order valence-electron chi connectivity index (χ4n) is 4.86. The fourth-order valence-corrected chi connectivity index (χ4v) is 6.34. The van der Waals surface area contributed by atoms with Crippen LogP contribution in [0.5, 0.6) is 5.75 Å². The SMILES string of the molecule is CC.CCCCN.CCCNC.CCCNC(=O)CCCc1c[nH]c2ccccc12.CCNC(C)C.CSSC[C@@H](NC=O)C(=O)NCC(N)=O.Cc1ccc(O)cc1.Cc1ccccc1.NC=O.O=CCNSO.O=CO. The van der Waals surface area contributed by atoms with Crippen molar-refractivity contribution in [1.82, 2.24) is 36.3 Å². The van der Waals surface area contributed by atoms with E-state index in [-0.39, 0.29) is 31.9 Å². The maximum atomic E-state index is 11.5. The first-order chi connectivity index (χ1) is 37.4. The van der Waals surface area contributed by atoms with Crippen LogP contribution in [0.2, 0.25) is 0 Å². The molecule has 78 heavy (non-hydrogen) atoms. The van der Waals surface area contributed by atoms with E-state index in [1.807, 2.05) is 76.5 Å². The number of carbonyl (C=O) groups is 7. The van der Waals surface area contributed by atoms with Gasteiger partial charge in [0.2, 0.25) is 30.5 Å². The zero-order valence-corrected chi connectivity index (χ0v) is 51.1. The molecule has 4 rings (SSSR count). The lowest BCUT2D eigenvalue weighted by atomic mass is 10.1. The van der Waals surface area contributed by atoms with Crippen molar-refractivity contribution in [2.45, 2.75) is 126 Å². The van der Waals surface area contributed by atoms with Gasteiger partial charge < -0.3 is 68.3 Å². The summed E-state index contributed by atoms with van der Waals surface area (Å²) in [5, 5.41) is 30.7. The molecule has 448 valence electrons. The van der Waals surface area contributed by atoms with Crippen LogP contribution < -0.4 is 48.5 Å². The van der Waals surface area contributed by atoms with Gasteiger partial charge in [0.05, 0.1) is 25.3 Å². The van der Waals surface area contributed by atoms with Gasteiger partial charge in [-0.05, 0) is 103 Å². The second kappa shape index (κ2) is 73.4. The summed E-state index contributed by atoms with van der Waals surface area (Å²) in [4.78, 5) is 73.1. The molecule has 0 spiro atoms. The Morgan fingerprint density at radius 3 is 1.72 bits per heavy atom. The third kappa shape index (κ3) is 72.4. The van der Waals surface area contributed by atoms with Crippen molar-refractivity contribution in [1.29, 1.82) is 0 Å². The van der Waals surface area contributed by atoms with E-state index < -0.39 is 17.9 Å². The number of nitrogens with two attached hydrogens (primary N) is 3. The van der Waals surface area contributed by atoms with Crippen molar-refractivity contribution in [3.8, 4) is 5.75 Å². The van der Waals surface area contributed by atoms with E-state index in [4.69, 9.17) is 35.8 Å². The van der Waals surface area contributed by atoms with Gasteiger partial charge in [0.15, 0.2) is 0 Å². The molecule has 0 unspecified atom stereocenters. The minimum absolute atomic E-state index is 0.164. The van der Waals surface area contributed by atoms with Gasteiger partial charge in [-0.25, -0.2) is 4.72 Å². The first-order valence-corrected chi connectivity index (χ1v) is 29.2. The molecule has 1 heterocycles. The van der Waals surface area contributed by atoms with Crippen LogP contribution in [0.4, 0.5) is 0 Å². The second-order valence-corrected chi connectivity index (χ2v) is 18.4. The van der Waals surface area contributed by atoms with Gasteiger partial charge >= 0.3 is 0 Å². The summed E-state index contributed by atoms with van der Waals surface area (Å²) >= 11 is 0.445. The lowest BCUT2D eigenvalue weighted by Gasteiger charge is -2.13. The number of carboxylic acid groups (broad SMARTS) is 1. The number of carbonyl (C=O) groups excluding carboxylic acids is 6. The van der Waals surface area contributed by atoms with Crippen molar-refractivity contribution in [2.75, 3.05) is 58.3 Å². The number of aromatic hydroxyl groups is 1. The summed E-state index contributed by atoms with van der Waals surface area (Å²) in [6.45, 7) is 24.4. The van der Waals surface area contributed by atoms with Gasteiger partial charge in [-0.3, -0.25) is 28.8 Å². The zero-order chi connectivity index (χ0) is 61.0. The first-order valence-electron chi connectivity index (χ1n) is 25.7. The number of nitrogens with one attached hydrogen (secondary N) is 7. The Hall–Kier alpha value is -5.66. The van der Waals surface area contributed by atoms with E-state index in [1.165, 1.54) is 68.4 Å². The number of phenolic OH excluding ortho intramolecular Hbond substituents is 1. The third-order valence-corrected chi connectivity index (χ3v) is 10.5. The quantitative estimate of drug-likeness (QED) is 0.0112. The highest BCUT2D eigenvalue weighted by Crippen LogP contribution is 2.19. The molecular weight excluding hydrogens is 1060 g/mol. The summed E-state index contributed by atoms with van der Waals surface area (Å²) in [7, 11) is 4.89. The van der Waals surface area contributed by atoms with Crippen molar-refractivity contribution in [2.24, 2.45) is 17.2 Å². The molecule has 0 saturated heterocycles. The molecule has 16 N–H and O–H groups in total. The molecule has 1 atom stereocenters. The van der Waals surface area contributed by atoms with Gasteiger partial charge in [-0.2, -0.15) is 0 Å². The molecule has 4 aromatic rings. The number of aryl methyl sites for hydroxylation is 3. The predicted molar refractivity (Wildman–Crippen MR) is 331 cm³/mol. The molecule has 0 aliphatic carbocycles. The topological polar surface area (TPSA) is 346 Å². The number of hydrogen-bond donors (Lipinski definition) is 13. The molecule has 0 bridgehead atoms. The van der Waals surface area contributed by atoms with Crippen molar-refractivity contribution in [3.05, 3.63) is 102 Å². The molecule has 5 amide bonds. The molecule has 3 aromatic carbocycles. The summed E-state index contributed by atoms with van der Waals surface area (Å²) in [5.74, 6) is -0.106. The Morgan fingerprint density at radius 2 is 1.36 bits per heavy atom. The van der Waals surface area contributed by atoms with Crippen molar-refractivity contribution in [3.63, 3.8) is 0 Å². The highest BCUT2D eigenvalue weighted by Gasteiger charge is 2.17. The van der Waals surface area contributed by atoms with Gasteiger partial charge in [0, 0.05) is 41.9 Å². The molecule has 0 aliphatic heterocycles. The van der Waals surface area contributed by atoms with Gasteiger partial charge in [-0.1, -0.05) is 155 Å². The Kier molecular flexibility index (Phi) is 81.2. The molecule has 23 heteroatoms. The lowest BCUT2D eigenvalue weighted by Crippen LogP contribution is -2.47. The number of unbranched alkanes of at least 4 members (excludes halogenated alkanes) is 1. The van der Waals surface area contributed by atoms with E-state index in [1.54, 1.807) is 12.1 Å². The Labute approximate surface area is 479 Å². The van der Waals surface area contributed by atoms with E-state index in [9.17, 15) is 24.0 Å². The van der Waals surface area contributed by atoms with Crippen LogP contribution in [-0.2, 0) is 40.0 Å². The smallest absolute Gasteiger partial charge is 0.290 e. The number of fused-ring (bicyclic) bond motifs is 1. The number of primary amides is 2. The number of hydrogen-bond acceptors (Lipinski definition) is 16. The zero-order valence-electron chi connectivity index (χ0n) is 48.6. The van der Waals surface area contributed by atoms with Crippen molar-refractivity contribution >= 4 is 88.0 Å². The largest absolute Gasteiger partial charge is 0.508 e. The predicted octanol–water partition coefficient (Wildman–Crippen LogP) is 7.52. The fraction of sp³-hybridized carbons (Fsp3) is 0.509. The van der Waals surface area contributed by atoms with E-state index in [0.717, 1.165) is 45.4 Å². The van der Waals surface area contributed by atoms with Crippen LogP contribution in [0.15, 0.2) is 85.1 Å². The monoisotopic (exact) mass is 1160 g/mol. The molecule has 1 aromatic heterocycles. The normalized spacial score (nSPS) is 9.27. The van der Waals surface area contributed by atoms with Crippen LogP contribution in [-0.4, -0.2) is 133 Å². The number of aromatic amines is 1. The molecule has 20 nitrogen and oxygen atoms in total. The number of aromatic nitrogens is 1. The Bertz CT molecular complexity index is 1870. The summed E-state index contributed by atoms with van der Waals surface area (Å²) in [6, 6.07) is 25.6. The lowest BCUT2D eigenvalue weighted by molar-refractivity contribution is -0.127.